The second kappa shape index (κ2) is 10.3. The van der Waals surface area contributed by atoms with Gasteiger partial charge >= 0.3 is 6.09 Å². The maximum Gasteiger partial charge on any atom is 0.418 e. The van der Waals surface area contributed by atoms with Gasteiger partial charge in [0.15, 0.2) is 5.76 Å². The number of para-hydroxylation sites is 1. The number of carbonyl (C=O) groups is 2. The Morgan fingerprint density at radius 3 is 2.61 bits per heavy atom. The molecule has 1 aliphatic rings. The first-order valence-corrected chi connectivity index (χ1v) is 13.3. The monoisotopic (exact) mass is 547 g/mol. The van der Waals surface area contributed by atoms with Gasteiger partial charge in [-0.1, -0.05) is 28.9 Å². The zero-order valence-electron chi connectivity index (χ0n) is 20.1. The molecule has 6 rings (SSSR count). The van der Waals surface area contributed by atoms with Gasteiger partial charge in [0.25, 0.3) is 11.8 Å². The van der Waals surface area contributed by atoms with E-state index in [0.29, 0.717) is 39.0 Å². The number of ether oxygens (including phenoxy) is 1. The number of rotatable bonds is 6. The van der Waals surface area contributed by atoms with Gasteiger partial charge in [-0.15, -0.1) is 16.4 Å². The Kier molecular flexibility index (Phi) is 6.57. The standard InChI is InChI=1S/C27H22ClN5O4S/c28-24-12-11-23(38-24)22-15-19(31-37-22)16-33-21-6-2-1-5-20(21)25(30-33)36-27(35)29-18-9-7-17(8-10-18)26(34)32-13-3-4-14-32/h1-2,5-12,15H,3-4,13-14,16H2,(H,29,35). The number of thiophene rings is 1. The third kappa shape index (κ3) is 5.00. The van der Waals surface area contributed by atoms with E-state index in [1.165, 1.54) is 11.3 Å². The molecule has 0 spiro atoms. The molecule has 3 aromatic heterocycles. The first kappa shape index (κ1) is 24.2. The van der Waals surface area contributed by atoms with Gasteiger partial charge in [-0.25, -0.2) is 4.79 Å². The highest BCUT2D eigenvalue weighted by atomic mass is 35.5. The molecular formula is C27H22ClN5O4S. The van der Waals surface area contributed by atoms with Gasteiger partial charge in [0.2, 0.25) is 0 Å². The Balaban J connectivity index is 1.15. The average molecular weight is 548 g/mol. The van der Waals surface area contributed by atoms with Crippen molar-refractivity contribution in [2.24, 2.45) is 0 Å². The predicted octanol–water partition coefficient (Wildman–Crippen LogP) is 6.30. The normalized spacial score (nSPS) is 13.2. The number of anilines is 1. The van der Waals surface area contributed by atoms with Crippen LogP contribution in [0.5, 0.6) is 5.88 Å². The van der Waals surface area contributed by atoms with Crippen LogP contribution in [0.15, 0.2) is 71.3 Å². The third-order valence-electron chi connectivity index (χ3n) is 6.27. The molecule has 0 radical (unpaired) electrons. The summed E-state index contributed by atoms with van der Waals surface area (Å²) >= 11 is 7.44. The minimum atomic E-state index is -0.683. The molecule has 2 aromatic carbocycles. The van der Waals surface area contributed by atoms with Gasteiger partial charge in [-0.2, -0.15) is 0 Å². The van der Waals surface area contributed by atoms with E-state index in [1.54, 1.807) is 28.9 Å². The number of amides is 2. The van der Waals surface area contributed by atoms with Gasteiger partial charge in [0.1, 0.15) is 5.69 Å². The fraction of sp³-hybridized carbons (Fsp3) is 0.185. The Morgan fingerprint density at radius 1 is 1.05 bits per heavy atom. The van der Waals surface area contributed by atoms with E-state index in [-0.39, 0.29) is 11.8 Å². The number of carbonyl (C=O) groups excluding carboxylic acids is 2. The SMILES string of the molecule is O=C(Nc1ccc(C(=O)N2CCCC2)cc1)Oc1nn(Cc2cc(-c3ccc(Cl)s3)on2)c2ccccc12. The molecule has 0 aliphatic carbocycles. The predicted molar refractivity (Wildman–Crippen MR) is 145 cm³/mol. The van der Waals surface area contributed by atoms with Gasteiger partial charge in [0, 0.05) is 30.4 Å². The summed E-state index contributed by atoms with van der Waals surface area (Å²) in [6.07, 6.45) is 1.38. The van der Waals surface area contributed by atoms with Crippen LogP contribution in [-0.4, -0.2) is 44.9 Å². The average Bonchev–Trinajstić information content (AvgIpc) is 3.73. The van der Waals surface area contributed by atoms with Crippen LogP contribution in [-0.2, 0) is 6.54 Å². The van der Waals surface area contributed by atoms with Crippen LogP contribution < -0.4 is 10.1 Å². The molecule has 1 N–H and O–H groups in total. The summed E-state index contributed by atoms with van der Waals surface area (Å²) in [6, 6.07) is 19.8. The van der Waals surface area contributed by atoms with Crippen LogP contribution in [0.2, 0.25) is 4.34 Å². The molecule has 2 amide bonds. The molecule has 1 fully saturated rings. The van der Waals surface area contributed by atoms with E-state index in [9.17, 15) is 9.59 Å². The number of fused-ring (bicyclic) bond motifs is 1. The Labute approximate surface area is 226 Å². The molecule has 0 saturated carbocycles. The maximum atomic E-state index is 12.7. The minimum absolute atomic E-state index is 0.00653. The second-order valence-electron chi connectivity index (χ2n) is 8.86. The Morgan fingerprint density at radius 2 is 1.84 bits per heavy atom. The van der Waals surface area contributed by atoms with Crippen molar-refractivity contribution in [1.29, 1.82) is 0 Å². The highest BCUT2D eigenvalue weighted by Crippen LogP contribution is 2.32. The summed E-state index contributed by atoms with van der Waals surface area (Å²) in [5, 5.41) is 12.1. The number of halogens is 1. The lowest BCUT2D eigenvalue weighted by atomic mass is 10.2. The molecule has 11 heteroatoms. The Hall–Kier alpha value is -4.15. The van der Waals surface area contributed by atoms with Crippen molar-refractivity contribution in [2.45, 2.75) is 19.4 Å². The molecule has 1 aliphatic heterocycles. The second-order valence-corrected chi connectivity index (χ2v) is 10.6. The number of likely N-dealkylation sites (tertiary alicyclic amines) is 1. The maximum absolute atomic E-state index is 12.7. The highest BCUT2D eigenvalue weighted by Gasteiger charge is 2.20. The highest BCUT2D eigenvalue weighted by molar-refractivity contribution is 7.19. The van der Waals surface area contributed by atoms with Gasteiger partial charge in [-0.05, 0) is 61.4 Å². The van der Waals surface area contributed by atoms with Crippen LogP contribution in [0.4, 0.5) is 10.5 Å². The van der Waals surface area contributed by atoms with Crippen LogP contribution in [0, 0.1) is 0 Å². The van der Waals surface area contributed by atoms with Gasteiger partial charge in [-0.3, -0.25) is 14.8 Å². The lowest BCUT2D eigenvalue weighted by Gasteiger charge is -2.15. The summed E-state index contributed by atoms with van der Waals surface area (Å²) in [7, 11) is 0. The summed E-state index contributed by atoms with van der Waals surface area (Å²) < 4.78 is 13.4. The smallest absolute Gasteiger partial charge is 0.389 e. The molecule has 0 bridgehead atoms. The summed E-state index contributed by atoms with van der Waals surface area (Å²) in [6.45, 7) is 1.89. The molecule has 0 atom stereocenters. The van der Waals surface area contributed by atoms with E-state index in [0.717, 1.165) is 36.3 Å². The quantitative estimate of drug-likeness (QED) is 0.267. The number of nitrogens with zero attached hydrogens (tertiary/aromatic N) is 4. The van der Waals surface area contributed by atoms with Crippen LogP contribution in [0.25, 0.3) is 21.5 Å². The number of hydrogen-bond donors (Lipinski definition) is 1. The number of aromatic nitrogens is 3. The lowest BCUT2D eigenvalue weighted by molar-refractivity contribution is 0.0793. The molecule has 5 aromatic rings. The third-order valence-corrected chi connectivity index (χ3v) is 7.52. The molecule has 4 heterocycles. The van der Waals surface area contributed by atoms with Crippen molar-refractivity contribution in [3.8, 4) is 16.5 Å². The van der Waals surface area contributed by atoms with Crippen molar-refractivity contribution < 1.29 is 18.8 Å². The van der Waals surface area contributed by atoms with Crippen LogP contribution >= 0.6 is 22.9 Å². The van der Waals surface area contributed by atoms with E-state index in [4.69, 9.17) is 20.9 Å². The van der Waals surface area contributed by atoms with Gasteiger partial charge in [0.05, 0.1) is 26.7 Å². The zero-order chi connectivity index (χ0) is 26.1. The number of hydrogen-bond acceptors (Lipinski definition) is 7. The first-order valence-electron chi connectivity index (χ1n) is 12.1. The molecule has 9 nitrogen and oxygen atoms in total. The molecular weight excluding hydrogens is 526 g/mol. The zero-order valence-corrected chi connectivity index (χ0v) is 21.7. The van der Waals surface area contributed by atoms with E-state index >= 15 is 0 Å². The van der Waals surface area contributed by atoms with Crippen molar-refractivity contribution in [2.75, 3.05) is 18.4 Å². The molecule has 0 unspecified atom stereocenters. The van der Waals surface area contributed by atoms with Crippen LogP contribution in [0.1, 0.15) is 28.9 Å². The van der Waals surface area contributed by atoms with Gasteiger partial charge < -0.3 is 14.2 Å². The topological polar surface area (TPSA) is 102 Å². The first-order chi connectivity index (χ1) is 18.5. The molecule has 38 heavy (non-hydrogen) atoms. The summed E-state index contributed by atoms with van der Waals surface area (Å²) in [5.41, 5.74) is 2.55. The fourth-order valence-corrected chi connectivity index (χ4v) is 5.42. The van der Waals surface area contributed by atoms with Crippen molar-refractivity contribution >= 4 is 51.5 Å². The lowest BCUT2D eigenvalue weighted by Crippen LogP contribution is -2.27. The minimum Gasteiger partial charge on any atom is -0.389 e. The summed E-state index contributed by atoms with van der Waals surface area (Å²) in [4.78, 5) is 28.0. The fourth-order valence-electron chi connectivity index (χ4n) is 4.43. The number of nitrogens with one attached hydrogen (secondary N) is 1. The van der Waals surface area contributed by atoms with Crippen molar-refractivity contribution in [1.82, 2.24) is 19.8 Å². The van der Waals surface area contributed by atoms with Crippen molar-refractivity contribution in [3.63, 3.8) is 0 Å². The van der Waals surface area contributed by atoms with E-state index < -0.39 is 6.09 Å². The van der Waals surface area contributed by atoms with Crippen LogP contribution in [0.3, 0.4) is 0 Å². The summed E-state index contributed by atoms with van der Waals surface area (Å²) in [5.74, 6) is 0.803. The van der Waals surface area contributed by atoms with Crippen molar-refractivity contribution in [3.05, 3.63) is 82.3 Å². The molecule has 1 saturated heterocycles. The Bertz CT molecular complexity index is 1620. The van der Waals surface area contributed by atoms with E-state index in [2.05, 4.69) is 15.6 Å². The van der Waals surface area contributed by atoms with E-state index in [1.807, 2.05) is 47.4 Å². The largest absolute Gasteiger partial charge is 0.418 e. The molecule has 192 valence electrons. The number of benzene rings is 2.